The zero-order chi connectivity index (χ0) is 17.1. The summed E-state index contributed by atoms with van der Waals surface area (Å²) in [4.78, 5) is 23.8. The molecule has 0 aliphatic heterocycles. The summed E-state index contributed by atoms with van der Waals surface area (Å²) in [5, 5.41) is 0. The van der Waals surface area contributed by atoms with Crippen molar-refractivity contribution in [1.82, 2.24) is 0 Å². The summed E-state index contributed by atoms with van der Waals surface area (Å²) < 4.78 is 0. The van der Waals surface area contributed by atoms with Crippen LogP contribution in [-0.2, 0) is 0 Å². The number of carbonyl (C=O) groups is 2. The quantitative estimate of drug-likeness (QED) is 0.628. The summed E-state index contributed by atoms with van der Waals surface area (Å²) in [5.74, 6) is 0.0778. The number of rotatable bonds is 4. The molecule has 3 aromatic rings. The lowest BCUT2D eigenvalue weighted by Crippen LogP contribution is -2.00. The van der Waals surface area contributed by atoms with Gasteiger partial charge in [0.25, 0.3) is 0 Å². The van der Waals surface area contributed by atoms with Crippen LogP contribution < -0.4 is 0 Å². The third kappa shape index (κ3) is 3.33. The molecule has 2 nitrogen and oxygen atoms in total. The molecule has 118 valence electrons. The van der Waals surface area contributed by atoms with Crippen LogP contribution in [0.5, 0.6) is 0 Å². The smallest absolute Gasteiger partial charge is 0.193 e. The van der Waals surface area contributed by atoms with E-state index in [0.29, 0.717) is 16.7 Å². The van der Waals surface area contributed by atoms with Gasteiger partial charge >= 0.3 is 0 Å². The summed E-state index contributed by atoms with van der Waals surface area (Å²) in [5.41, 5.74) is 5.24. The lowest BCUT2D eigenvalue weighted by atomic mass is 9.98. The molecule has 0 spiro atoms. The monoisotopic (exact) mass is 314 g/mol. The molecule has 2 heteroatoms. The van der Waals surface area contributed by atoms with Gasteiger partial charge < -0.3 is 0 Å². The molecule has 0 atom stereocenters. The highest BCUT2D eigenvalue weighted by Gasteiger charge is 2.09. The maximum atomic E-state index is 12.5. The van der Waals surface area contributed by atoms with Gasteiger partial charge in [0.05, 0.1) is 0 Å². The Morgan fingerprint density at radius 3 is 1.38 bits per heavy atom. The number of hydrogen-bond donors (Lipinski definition) is 0. The molecule has 3 aromatic carbocycles. The molecule has 0 saturated heterocycles. The Morgan fingerprint density at radius 2 is 0.958 bits per heavy atom. The van der Waals surface area contributed by atoms with Crippen LogP contribution in [0.2, 0.25) is 0 Å². The molecule has 0 N–H and O–H groups in total. The van der Waals surface area contributed by atoms with E-state index in [4.69, 9.17) is 0 Å². The molecule has 0 bridgehead atoms. The van der Waals surface area contributed by atoms with Crippen LogP contribution in [-0.4, -0.2) is 11.6 Å². The standard InChI is InChI=1S/C22H18O2/c1-15-3-5-20(6-4-15)22(24)21-13-11-19(12-14-21)18-9-7-17(8-10-18)16(2)23/h3-14H,1-2H3. The minimum atomic E-state index is 0.0217. The molecule has 3 rings (SSSR count). The van der Waals surface area contributed by atoms with Crippen LogP contribution in [0, 0.1) is 6.92 Å². The lowest BCUT2D eigenvalue weighted by Gasteiger charge is -2.05. The molecule has 0 fully saturated rings. The Morgan fingerprint density at radius 1 is 0.583 bits per heavy atom. The third-order valence-electron chi connectivity index (χ3n) is 4.09. The van der Waals surface area contributed by atoms with E-state index < -0.39 is 0 Å². The van der Waals surface area contributed by atoms with Crippen LogP contribution in [0.4, 0.5) is 0 Å². The molecule has 0 radical (unpaired) electrons. The predicted molar refractivity (Wildman–Crippen MR) is 96.5 cm³/mol. The Bertz CT molecular complexity index is 871. The first kappa shape index (κ1) is 15.9. The van der Waals surface area contributed by atoms with Gasteiger partial charge in [-0.3, -0.25) is 9.59 Å². The van der Waals surface area contributed by atoms with Crippen molar-refractivity contribution in [2.45, 2.75) is 13.8 Å². The first-order valence-corrected chi connectivity index (χ1v) is 7.87. The average Bonchev–Trinajstić information content (AvgIpc) is 2.62. The maximum Gasteiger partial charge on any atom is 0.193 e. The summed E-state index contributed by atoms with van der Waals surface area (Å²) >= 11 is 0. The van der Waals surface area contributed by atoms with Crippen LogP contribution >= 0.6 is 0 Å². The van der Waals surface area contributed by atoms with Crippen LogP contribution in [0.15, 0.2) is 72.8 Å². The van der Waals surface area contributed by atoms with Gasteiger partial charge in [-0.05, 0) is 25.0 Å². The van der Waals surface area contributed by atoms with E-state index in [1.165, 1.54) is 0 Å². The summed E-state index contributed by atoms with van der Waals surface area (Å²) in [6, 6.07) is 22.6. The second kappa shape index (κ2) is 6.63. The zero-order valence-electron chi connectivity index (χ0n) is 13.7. The van der Waals surface area contributed by atoms with Crippen molar-refractivity contribution >= 4 is 11.6 Å². The summed E-state index contributed by atoms with van der Waals surface area (Å²) in [6.07, 6.45) is 0. The second-order valence-corrected chi connectivity index (χ2v) is 5.91. The molecule has 0 heterocycles. The van der Waals surface area contributed by atoms with Crippen molar-refractivity contribution in [2.24, 2.45) is 0 Å². The van der Waals surface area contributed by atoms with E-state index in [0.717, 1.165) is 16.7 Å². The van der Waals surface area contributed by atoms with E-state index in [2.05, 4.69) is 0 Å². The van der Waals surface area contributed by atoms with Gasteiger partial charge in [0, 0.05) is 16.7 Å². The fourth-order valence-electron chi connectivity index (χ4n) is 2.58. The molecule has 0 unspecified atom stereocenters. The van der Waals surface area contributed by atoms with E-state index in [9.17, 15) is 9.59 Å². The molecule has 0 saturated carbocycles. The number of benzene rings is 3. The molecule has 24 heavy (non-hydrogen) atoms. The highest BCUT2D eigenvalue weighted by Crippen LogP contribution is 2.21. The van der Waals surface area contributed by atoms with Crippen molar-refractivity contribution < 1.29 is 9.59 Å². The Kier molecular flexibility index (Phi) is 4.39. The number of hydrogen-bond acceptors (Lipinski definition) is 2. The average molecular weight is 314 g/mol. The first-order valence-electron chi connectivity index (χ1n) is 7.87. The van der Waals surface area contributed by atoms with Gasteiger partial charge in [-0.2, -0.15) is 0 Å². The van der Waals surface area contributed by atoms with Gasteiger partial charge in [-0.25, -0.2) is 0 Å². The largest absolute Gasteiger partial charge is 0.295 e. The fourth-order valence-corrected chi connectivity index (χ4v) is 2.58. The Balaban J connectivity index is 1.83. The second-order valence-electron chi connectivity index (χ2n) is 5.91. The summed E-state index contributed by atoms with van der Waals surface area (Å²) in [6.45, 7) is 3.56. The molecule has 0 amide bonds. The first-order chi connectivity index (χ1) is 11.5. The third-order valence-corrected chi connectivity index (χ3v) is 4.09. The van der Waals surface area contributed by atoms with Gasteiger partial charge in [0.2, 0.25) is 0 Å². The van der Waals surface area contributed by atoms with Crippen LogP contribution in [0.1, 0.15) is 38.8 Å². The summed E-state index contributed by atoms with van der Waals surface area (Å²) in [7, 11) is 0. The predicted octanol–water partition coefficient (Wildman–Crippen LogP) is 5.10. The van der Waals surface area contributed by atoms with Crippen LogP contribution in [0.3, 0.4) is 0 Å². The Labute approximate surface area is 141 Å². The molecular weight excluding hydrogens is 296 g/mol. The molecule has 0 aliphatic carbocycles. The molecular formula is C22H18O2. The van der Waals surface area contributed by atoms with Crippen molar-refractivity contribution in [3.8, 4) is 11.1 Å². The number of ketones is 2. The fraction of sp³-hybridized carbons (Fsp3) is 0.0909. The Hall–Kier alpha value is -3.00. The maximum absolute atomic E-state index is 12.5. The van der Waals surface area contributed by atoms with Crippen molar-refractivity contribution in [1.29, 1.82) is 0 Å². The van der Waals surface area contributed by atoms with E-state index in [-0.39, 0.29) is 11.6 Å². The van der Waals surface area contributed by atoms with E-state index >= 15 is 0 Å². The van der Waals surface area contributed by atoms with Crippen molar-refractivity contribution in [3.05, 3.63) is 95.1 Å². The SMILES string of the molecule is CC(=O)c1ccc(-c2ccc(C(=O)c3ccc(C)cc3)cc2)cc1. The van der Waals surface area contributed by atoms with Gasteiger partial charge in [-0.1, -0.05) is 78.4 Å². The van der Waals surface area contributed by atoms with Gasteiger partial charge in [-0.15, -0.1) is 0 Å². The molecule has 0 aromatic heterocycles. The minimum Gasteiger partial charge on any atom is -0.295 e. The highest BCUT2D eigenvalue weighted by molar-refractivity contribution is 6.09. The number of carbonyl (C=O) groups excluding carboxylic acids is 2. The number of aryl methyl sites for hydroxylation is 1. The van der Waals surface area contributed by atoms with Crippen molar-refractivity contribution in [2.75, 3.05) is 0 Å². The minimum absolute atomic E-state index is 0.0217. The lowest BCUT2D eigenvalue weighted by molar-refractivity contribution is 0.101. The topological polar surface area (TPSA) is 34.1 Å². The van der Waals surface area contributed by atoms with Gasteiger partial charge in [0.1, 0.15) is 0 Å². The van der Waals surface area contributed by atoms with Crippen LogP contribution in [0.25, 0.3) is 11.1 Å². The van der Waals surface area contributed by atoms with E-state index in [1.54, 1.807) is 6.92 Å². The zero-order valence-corrected chi connectivity index (χ0v) is 13.7. The molecule has 0 aliphatic rings. The van der Waals surface area contributed by atoms with Crippen molar-refractivity contribution in [3.63, 3.8) is 0 Å². The normalized spacial score (nSPS) is 10.4. The van der Waals surface area contributed by atoms with E-state index in [1.807, 2.05) is 79.7 Å². The highest BCUT2D eigenvalue weighted by atomic mass is 16.1. The van der Waals surface area contributed by atoms with Gasteiger partial charge in [0.15, 0.2) is 11.6 Å². The number of Topliss-reactive ketones (excluding diaryl/α,β-unsaturated/α-hetero) is 1.